The van der Waals surface area contributed by atoms with E-state index in [9.17, 15) is 18.0 Å². The van der Waals surface area contributed by atoms with Gasteiger partial charge >= 0.3 is 6.18 Å². The zero-order chi connectivity index (χ0) is 22.1. The van der Waals surface area contributed by atoms with Crippen molar-refractivity contribution in [2.24, 2.45) is 5.16 Å². The minimum atomic E-state index is -4.74. The van der Waals surface area contributed by atoms with Crippen LogP contribution >= 0.6 is 23.2 Å². The normalized spacial score (nSPS) is 18.6. The Morgan fingerprint density at radius 3 is 2.60 bits per heavy atom. The molecule has 0 aliphatic carbocycles. The van der Waals surface area contributed by atoms with Crippen LogP contribution in [0.25, 0.3) is 0 Å². The first-order chi connectivity index (χ1) is 14.1. The molecule has 3 rings (SSSR count). The number of alkyl halides is 3. The highest BCUT2D eigenvalue weighted by molar-refractivity contribution is 6.33. The van der Waals surface area contributed by atoms with Crippen LogP contribution in [0.3, 0.4) is 0 Å². The molecular weight excluding hydrogens is 442 g/mol. The number of amides is 1. The molecule has 0 saturated carbocycles. The molecule has 5 nitrogen and oxygen atoms in total. The molecular formula is C20H18Cl2F3N3O2. The first-order valence-corrected chi connectivity index (χ1v) is 9.75. The van der Waals surface area contributed by atoms with Gasteiger partial charge in [0.05, 0.1) is 16.4 Å². The van der Waals surface area contributed by atoms with E-state index in [1.165, 1.54) is 30.3 Å². The van der Waals surface area contributed by atoms with Crippen LogP contribution in [0.5, 0.6) is 0 Å². The van der Waals surface area contributed by atoms with Crippen molar-refractivity contribution in [3.8, 4) is 0 Å². The predicted molar refractivity (Wildman–Crippen MR) is 110 cm³/mol. The van der Waals surface area contributed by atoms with E-state index in [1.54, 1.807) is 6.92 Å². The minimum Gasteiger partial charge on any atom is -0.374 e. The van der Waals surface area contributed by atoms with E-state index in [2.05, 4.69) is 16.0 Å². The Bertz CT molecular complexity index is 1010. The SMILES string of the molecule is CCc1cc(C2(C(F)(F)F)CC(c3ccc(Cl)c(NNC=O)c3)=NO2)cc(Cl)c1C. The van der Waals surface area contributed by atoms with Gasteiger partial charge in [-0.25, -0.2) is 0 Å². The molecule has 0 radical (unpaired) electrons. The summed E-state index contributed by atoms with van der Waals surface area (Å²) in [5.74, 6) is 0. The van der Waals surface area contributed by atoms with Gasteiger partial charge in [0.15, 0.2) is 0 Å². The summed E-state index contributed by atoms with van der Waals surface area (Å²) in [4.78, 5) is 15.6. The highest BCUT2D eigenvalue weighted by Crippen LogP contribution is 2.50. The second-order valence-electron chi connectivity index (χ2n) is 6.81. The van der Waals surface area contributed by atoms with Gasteiger partial charge in [-0.2, -0.15) is 13.2 Å². The Labute approximate surface area is 181 Å². The molecule has 0 aromatic heterocycles. The van der Waals surface area contributed by atoms with Gasteiger partial charge in [-0.3, -0.25) is 15.6 Å². The van der Waals surface area contributed by atoms with Crippen molar-refractivity contribution in [1.82, 2.24) is 5.43 Å². The van der Waals surface area contributed by atoms with Crippen molar-refractivity contribution in [2.45, 2.75) is 38.5 Å². The van der Waals surface area contributed by atoms with Crippen LogP contribution in [0.4, 0.5) is 18.9 Å². The fraction of sp³-hybridized carbons (Fsp3) is 0.300. The van der Waals surface area contributed by atoms with Gasteiger partial charge in [-0.1, -0.05) is 47.4 Å². The number of carbonyl (C=O) groups is 1. The van der Waals surface area contributed by atoms with Crippen molar-refractivity contribution in [3.05, 3.63) is 62.6 Å². The van der Waals surface area contributed by atoms with E-state index in [4.69, 9.17) is 28.0 Å². The number of nitrogens with zero attached hydrogens (tertiary/aromatic N) is 1. The molecule has 0 saturated heterocycles. The average molecular weight is 460 g/mol. The smallest absolute Gasteiger partial charge is 0.374 e. The van der Waals surface area contributed by atoms with Crippen molar-refractivity contribution >= 4 is 41.0 Å². The summed E-state index contributed by atoms with van der Waals surface area (Å²) in [6, 6.07) is 7.25. The summed E-state index contributed by atoms with van der Waals surface area (Å²) in [7, 11) is 0. The largest absolute Gasteiger partial charge is 0.435 e. The zero-order valence-corrected chi connectivity index (χ0v) is 17.5. The lowest BCUT2D eigenvalue weighted by atomic mass is 9.84. The van der Waals surface area contributed by atoms with Crippen LogP contribution < -0.4 is 10.9 Å². The van der Waals surface area contributed by atoms with Gasteiger partial charge < -0.3 is 4.84 Å². The Morgan fingerprint density at radius 2 is 1.97 bits per heavy atom. The van der Waals surface area contributed by atoms with Gasteiger partial charge in [0, 0.05) is 22.6 Å². The lowest BCUT2D eigenvalue weighted by Crippen LogP contribution is -2.42. The summed E-state index contributed by atoms with van der Waals surface area (Å²) < 4.78 is 42.7. The van der Waals surface area contributed by atoms with Gasteiger partial charge in [0.25, 0.3) is 5.60 Å². The quantitative estimate of drug-likeness (QED) is 0.441. The number of hydrazine groups is 1. The standard InChI is InChI=1S/C20H18Cl2F3N3O2/c1-3-12-6-14(8-16(22)11(12)2)19(20(23,24)25)9-18(28-30-19)13-4-5-15(21)17(7-13)27-26-10-29/h4-8,10,27H,3,9H2,1-2H3,(H,26,29). The van der Waals surface area contributed by atoms with Crippen LogP contribution in [0.15, 0.2) is 35.5 Å². The third-order valence-electron chi connectivity index (χ3n) is 5.05. The summed E-state index contributed by atoms with van der Waals surface area (Å²) in [5, 5.41) is 4.26. The highest BCUT2D eigenvalue weighted by Gasteiger charge is 2.62. The topological polar surface area (TPSA) is 62.7 Å². The van der Waals surface area contributed by atoms with E-state index in [0.717, 1.165) is 5.56 Å². The maximum Gasteiger partial charge on any atom is 0.435 e. The van der Waals surface area contributed by atoms with E-state index in [1.807, 2.05) is 6.92 Å². The van der Waals surface area contributed by atoms with E-state index >= 15 is 0 Å². The van der Waals surface area contributed by atoms with Crippen LogP contribution in [-0.4, -0.2) is 18.3 Å². The second-order valence-corrected chi connectivity index (χ2v) is 7.62. The van der Waals surface area contributed by atoms with Crippen molar-refractivity contribution in [3.63, 3.8) is 0 Å². The van der Waals surface area contributed by atoms with Gasteiger partial charge in [-0.15, -0.1) is 0 Å². The van der Waals surface area contributed by atoms with Crippen LogP contribution in [0.1, 0.15) is 35.6 Å². The molecule has 2 N–H and O–H groups in total. The zero-order valence-electron chi connectivity index (χ0n) is 16.0. The second kappa shape index (κ2) is 8.35. The van der Waals surface area contributed by atoms with Crippen LogP contribution in [0, 0.1) is 6.92 Å². The monoisotopic (exact) mass is 459 g/mol. The predicted octanol–water partition coefficient (Wildman–Crippen LogP) is 5.52. The summed E-state index contributed by atoms with van der Waals surface area (Å²) in [6.45, 7) is 3.61. The highest BCUT2D eigenvalue weighted by atomic mass is 35.5. The number of oxime groups is 1. The third kappa shape index (κ3) is 3.94. The number of carbonyl (C=O) groups excluding carboxylic acids is 1. The van der Waals surface area contributed by atoms with Crippen LogP contribution in [0.2, 0.25) is 10.0 Å². The maximum absolute atomic E-state index is 14.2. The summed E-state index contributed by atoms with van der Waals surface area (Å²) in [6.07, 6.45) is -4.35. The number of hydrogen-bond donors (Lipinski definition) is 2. The molecule has 1 aliphatic heterocycles. The molecule has 160 valence electrons. The number of rotatable bonds is 6. The van der Waals surface area contributed by atoms with Crippen LogP contribution in [-0.2, 0) is 21.7 Å². The van der Waals surface area contributed by atoms with Crippen molar-refractivity contribution in [1.29, 1.82) is 0 Å². The van der Waals surface area contributed by atoms with Gasteiger partial charge in [0.1, 0.15) is 0 Å². The molecule has 1 unspecified atom stereocenters. The van der Waals surface area contributed by atoms with Crippen molar-refractivity contribution in [2.75, 3.05) is 5.43 Å². The van der Waals surface area contributed by atoms with E-state index < -0.39 is 18.2 Å². The average Bonchev–Trinajstić information content (AvgIpc) is 3.16. The van der Waals surface area contributed by atoms with Crippen molar-refractivity contribution < 1.29 is 22.8 Å². The summed E-state index contributed by atoms with van der Waals surface area (Å²) in [5.41, 5.74) is 4.23. The Hall–Kier alpha value is -2.45. The van der Waals surface area contributed by atoms with E-state index in [0.29, 0.717) is 29.6 Å². The number of hydrogen-bond acceptors (Lipinski definition) is 4. The molecule has 0 bridgehead atoms. The number of nitrogens with one attached hydrogen (secondary N) is 2. The molecule has 2 aromatic carbocycles. The molecule has 1 aliphatic rings. The van der Waals surface area contributed by atoms with E-state index in [-0.39, 0.29) is 21.3 Å². The molecule has 0 spiro atoms. The van der Waals surface area contributed by atoms with Gasteiger partial charge in [-0.05, 0) is 42.7 Å². The Balaban J connectivity index is 2.02. The number of aryl methyl sites for hydroxylation is 1. The summed E-state index contributed by atoms with van der Waals surface area (Å²) >= 11 is 12.3. The lowest BCUT2D eigenvalue weighted by molar-refractivity contribution is -0.275. The minimum absolute atomic E-state index is 0.0906. The molecule has 0 fully saturated rings. The number of halogens is 5. The molecule has 10 heteroatoms. The number of benzene rings is 2. The first-order valence-electron chi connectivity index (χ1n) is 8.99. The molecule has 30 heavy (non-hydrogen) atoms. The fourth-order valence-corrected chi connectivity index (χ4v) is 3.71. The molecule has 1 amide bonds. The third-order valence-corrected chi connectivity index (χ3v) is 5.77. The Morgan fingerprint density at radius 1 is 1.23 bits per heavy atom. The maximum atomic E-state index is 14.2. The fourth-order valence-electron chi connectivity index (χ4n) is 3.30. The lowest BCUT2D eigenvalue weighted by Gasteiger charge is -2.30. The first kappa shape index (κ1) is 22.2. The molecule has 1 atom stereocenters. The van der Waals surface area contributed by atoms with Gasteiger partial charge in [0.2, 0.25) is 6.41 Å². The molecule has 1 heterocycles. The Kier molecular flexibility index (Phi) is 6.19. The number of anilines is 1. The molecule has 2 aromatic rings.